The van der Waals surface area contributed by atoms with Crippen LogP contribution in [0.4, 0.5) is 5.69 Å². The molecule has 7 nitrogen and oxygen atoms in total. The molecule has 0 atom stereocenters. The first-order chi connectivity index (χ1) is 9.65. The molecule has 0 aliphatic rings. The predicted molar refractivity (Wildman–Crippen MR) is 75.1 cm³/mol. The first-order valence-electron chi connectivity index (χ1n) is 6.13. The van der Waals surface area contributed by atoms with E-state index in [0.29, 0.717) is 30.9 Å². The molecule has 0 spiro atoms. The van der Waals surface area contributed by atoms with Crippen LogP contribution in [0.1, 0.15) is 12.8 Å². The minimum Gasteiger partial charge on any atom is -0.486 e. The Balaban J connectivity index is 2.40. The molecule has 0 fully saturated rings. The molecule has 0 aliphatic heterocycles. The molecule has 4 N–H and O–H groups in total. The maximum atomic E-state index is 11.6. The molecule has 0 aromatic heterocycles. The monoisotopic (exact) mass is 281 g/mol. The van der Waals surface area contributed by atoms with Crippen LogP contribution in [-0.4, -0.2) is 37.3 Å². The van der Waals surface area contributed by atoms with Crippen LogP contribution in [0, 0.1) is 0 Å². The maximum Gasteiger partial charge on any atom is 0.224 e. The molecule has 0 aliphatic carbocycles. The third kappa shape index (κ3) is 6.05. The van der Waals surface area contributed by atoms with Gasteiger partial charge in [0.2, 0.25) is 5.91 Å². The zero-order valence-corrected chi connectivity index (χ0v) is 11.3. The Bertz CT molecular complexity index is 445. The van der Waals surface area contributed by atoms with E-state index in [9.17, 15) is 4.79 Å². The number of hydrogen-bond acceptors (Lipinski definition) is 5. The zero-order valence-electron chi connectivity index (χ0n) is 11.3. The van der Waals surface area contributed by atoms with Crippen LogP contribution in [0.5, 0.6) is 5.75 Å². The number of amides is 1. The number of ether oxygens (including phenoxy) is 2. The number of benzene rings is 1. The van der Waals surface area contributed by atoms with Crippen LogP contribution in [0.25, 0.3) is 0 Å². The lowest BCUT2D eigenvalue weighted by Crippen LogP contribution is -2.20. The Hall–Kier alpha value is -2.28. The molecule has 0 heterocycles. The average Bonchev–Trinajstić information content (AvgIpc) is 2.46. The van der Waals surface area contributed by atoms with E-state index in [1.807, 2.05) is 0 Å². The molecule has 0 saturated heterocycles. The van der Waals surface area contributed by atoms with Crippen LogP contribution in [-0.2, 0) is 9.53 Å². The fourth-order valence-corrected chi connectivity index (χ4v) is 1.42. The van der Waals surface area contributed by atoms with E-state index in [2.05, 4.69) is 10.5 Å². The molecule has 20 heavy (non-hydrogen) atoms. The number of nitrogens with one attached hydrogen (secondary N) is 1. The molecule has 1 aromatic carbocycles. The lowest BCUT2D eigenvalue weighted by Gasteiger charge is -2.07. The Morgan fingerprint density at radius 2 is 2.10 bits per heavy atom. The van der Waals surface area contributed by atoms with E-state index in [-0.39, 0.29) is 18.3 Å². The van der Waals surface area contributed by atoms with Crippen molar-refractivity contribution in [2.45, 2.75) is 12.8 Å². The molecular weight excluding hydrogens is 262 g/mol. The molecule has 1 amide bonds. The SMILES string of the molecule is COCCCC(=O)Nc1ccc(OC/C(N)=N/O)cc1. The predicted octanol–water partition coefficient (Wildman–Crippen LogP) is 1.18. The largest absolute Gasteiger partial charge is 0.486 e. The summed E-state index contributed by atoms with van der Waals surface area (Å²) in [7, 11) is 1.60. The summed E-state index contributed by atoms with van der Waals surface area (Å²) in [5.74, 6) is 0.488. The second-order valence-electron chi connectivity index (χ2n) is 4.05. The third-order valence-electron chi connectivity index (χ3n) is 2.41. The molecular formula is C13H19N3O4. The van der Waals surface area contributed by atoms with Gasteiger partial charge in [-0.3, -0.25) is 4.79 Å². The summed E-state index contributed by atoms with van der Waals surface area (Å²) in [6.07, 6.45) is 1.10. The van der Waals surface area contributed by atoms with Gasteiger partial charge in [-0.05, 0) is 30.7 Å². The van der Waals surface area contributed by atoms with Gasteiger partial charge in [-0.15, -0.1) is 0 Å². The summed E-state index contributed by atoms with van der Waals surface area (Å²) < 4.78 is 10.1. The molecule has 1 rings (SSSR count). The van der Waals surface area contributed by atoms with Gasteiger partial charge >= 0.3 is 0 Å². The van der Waals surface area contributed by atoms with Crippen molar-refractivity contribution in [3.8, 4) is 5.75 Å². The van der Waals surface area contributed by atoms with E-state index in [4.69, 9.17) is 20.4 Å². The highest BCUT2D eigenvalue weighted by atomic mass is 16.5. The zero-order chi connectivity index (χ0) is 14.8. The molecule has 0 bridgehead atoms. The van der Waals surface area contributed by atoms with Crippen molar-refractivity contribution < 1.29 is 19.5 Å². The number of amidine groups is 1. The molecule has 0 radical (unpaired) electrons. The van der Waals surface area contributed by atoms with Gasteiger partial charge in [0.15, 0.2) is 5.84 Å². The van der Waals surface area contributed by atoms with Crippen molar-refractivity contribution in [3.63, 3.8) is 0 Å². The fraction of sp³-hybridized carbons (Fsp3) is 0.385. The highest BCUT2D eigenvalue weighted by Crippen LogP contribution is 2.15. The number of methoxy groups -OCH3 is 1. The number of anilines is 1. The number of oxime groups is 1. The first-order valence-corrected chi connectivity index (χ1v) is 6.13. The van der Waals surface area contributed by atoms with E-state index in [1.54, 1.807) is 31.4 Å². The molecule has 0 saturated carbocycles. The van der Waals surface area contributed by atoms with Gasteiger partial charge in [0.25, 0.3) is 0 Å². The summed E-state index contributed by atoms with van der Waals surface area (Å²) in [5, 5.41) is 13.9. The van der Waals surface area contributed by atoms with Gasteiger partial charge in [0.05, 0.1) is 0 Å². The molecule has 0 unspecified atom stereocenters. The topological polar surface area (TPSA) is 106 Å². The minimum atomic E-state index is -0.0626. The van der Waals surface area contributed by atoms with Gasteiger partial charge in [-0.2, -0.15) is 0 Å². The van der Waals surface area contributed by atoms with Gasteiger partial charge in [-0.25, -0.2) is 0 Å². The third-order valence-corrected chi connectivity index (χ3v) is 2.41. The fourth-order valence-electron chi connectivity index (χ4n) is 1.42. The van der Waals surface area contributed by atoms with Crippen LogP contribution in [0.3, 0.4) is 0 Å². The van der Waals surface area contributed by atoms with Crippen molar-refractivity contribution in [2.24, 2.45) is 10.9 Å². The van der Waals surface area contributed by atoms with Gasteiger partial charge < -0.3 is 25.7 Å². The van der Waals surface area contributed by atoms with Crippen molar-refractivity contribution in [2.75, 3.05) is 25.6 Å². The number of rotatable bonds is 8. The molecule has 7 heteroatoms. The Morgan fingerprint density at radius 1 is 1.40 bits per heavy atom. The summed E-state index contributed by atoms with van der Waals surface area (Å²) in [4.78, 5) is 11.6. The van der Waals surface area contributed by atoms with Crippen LogP contribution < -0.4 is 15.8 Å². The number of hydrogen-bond donors (Lipinski definition) is 3. The Labute approximate surface area is 117 Å². The van der Waals surface area contributed by atoms with Gasteiger partial charge in [0.1, 0.15) is 12.4 Å². The lowest BCUT2D eigenvalue weighted by molar-refractivity contribution is -0.116. The second-order valence-corrected chi connectivity index (χ2v) is 4.05. The highest BCUT2D eigenvalue weighted by Gasteiger charge is 2.03. The number of carbonyl (C=O) groups excluding carboxylic acids is 1. The summed E-state index contributed by atoms with van der Waals surface area (Å²) >= 11 is 0. The first kappa shape index (κ1) is 15.8. The van der Waals surface area contributed by atoms with Crippen LogP contribution >= 0.6 is 0 Å². The smallest absolute Gasteiger partial charge is 0.224 e. The van der Waals surface area contributed by atoms with Gasteiger partial charge in [0, 0.05) is 25.8 Å². The summed E-state index contributed by atoms with van der Waals surface area (Å²) in [5.41, 5.74) is 5.97. The highest BCUT2D eigenvalue weighted by molar-refractivity contribution is 5.90. The second kappa shape index (κ2) is 8.76. The van der Waals surface area contributed by atoms with E-state index >= 15 is 0 Å². The van der Waals surface area contributed by atoms with Gasteiger partial charge in [-0.1, -0.05) is 5.16 Å². The quantitative estimate of drug-likeness (QED) is 0.218. The Morgan fingerprint density at radius 3 is 2.70 bits per heavy atom. The Kier molecular flexibility index (Phi) is 6.91. The maximum absolute atomic E-state index is 11.6. The van der Waals surface area contributed by atoms with Crippen molar-refractivity contribution in [1.29, 1.82) is 0 Å². The lowest BCUT2D eigenvalue weighted by atomic mass is 10.2. The van der Waals surface area contributed by atoms with Crippen molar-refractivity contribution in [1.82, 2.24) is 0 Å². The number of nitrogens with two attached hydrogens (primary N) is 1. The van der Waals surface area contributed by atoms with E-state index in [1.165, 1.54) is 0 Å². The van der Waals surface area contributed by atoms with Crippen molar-refractivity contribution >= 4 is 17.4 Å². The normalized spacial score (nSPS) is 11.2. The van der Waals surface area contributed by atoms with Crippen LogP contribution in [0.15, 0.2) is 29.4 Å². The average molecular weight is 281 g/mol. The summed E-state index contributed by atoms with van der Waals surface area (Å²) in [6, 6.07) is 6.82. The number of carbonyl (C=O) groups is 1. The van der Waals surface area contributed by atoms with Crippen molar-refractivity contribution in [3.05, 3.63) is 24.3 Å². The summed E-state index contributed by atoms with van der Waals surface area (Å²) in [6.45, 7) is 0.563. The van der Waals surface area contributed by atoms with Crippen LogP contribution in [0.2, 0.25) is 0 Å². The molecule has 110 valence electrons. The van der Waals surface area contributed by atoms with E-state index < -0.39 is 0 Å². The number of nitrogens with zero attached hydrogens (tertiary/aromatic N) is 1. The standard InChI is InChI=1S/C13H19N3O4/c1-19-8-2-3-13(17)15-10-4-6-11(7-5-10)20-9-12(14)16-18/h4-7,18H,2-3,8-9H2,1H3,(H2,14,16)(H,15,17). The molecule has 1 aromatic rings. The van der Waals surface area contributed by atoms with E-state index in [0.717, 1.165) is 0 Å². The minimum absolute atomic E-state index is 0.000770.